The summed E-state index contributed by atoms with van der Waals surface area (Å²) < 4.78 is 5.19. The van der Waals surface area contributed by atoms with Crippen molar-refractivity contribution in [2.24, 2.45) is 5.92 Å². The lowest BCUT2D eigenvalue weighted by Crippen LogP contribution is -2.34. The first-order valence-electron chi connectivity index (χ1n) is 4.48. The van der Waals surface area contributed by atoms with Crippen LogP contribution in [0.4, 0.5) is 0 Å². The zero-order valence-electron chi connectivity index (χ0n) is 7.42. The molecular weight excluding hydrogens is 140 g/mol. The van der Waals surface area contributed by atoms with Gasteiger partial charge in [0, 0.05) is 7.11 Å². The Hall–Kier alpha value is -0.0800. The molecule has 0 aromatic carbocycles. The monoisotopic (exact) mass is 158 g/mol. The second kappa shape index (κ2) is 4.07. The van der Waals surface area contributed by atoms with Gasteiger partial charge in [-0.25, -0.2) is 0 Å². The van der Waals surface area contributed by atoms with Crippen LogP contribution in [0.3, 0.4) is 0 Å². The molecule has 1 aliphatic carbocycles. The number of aliphatic hydroxyl groups is 1. The normalized spacial score (nSPS) is 39.0. The van der Waals surface area contributed by atoms with E-state index in [2.05, 4.69) is 6.92 Å². The number of ether oxygens (including phenoxy) is 1. The van der Waals surface area contributed by atoms with Gasteiger partial charge >= 0.3 is 0 Å². The summed E-state index contributed by atoms with van der Waals surface area (Å²) in [5, 5.41) is 9.46. The molecule has 0 spiro atoms. The Kier molecular flexibility index (Phi) is 3.34. The number of methoxy groups -OCH3 is 1. The Labute approximate surface area is 68.6 Å². The highest BCUT2D eigenvalue weighted by Crippen LogP contribution is 2.28. The fourth-order valence-corrected chi connectivity index (χ4v) is 1.82. The molecule has 0 aromatic rings. The van der Waals surface area contributed by atoms with Crippen molar-refractivity contribution in [1.82, 2.24) is 0 Å². The molecule has 66 valence electrons. The lowest BCUT2D eigenvalue weighted by atomic mass is 9.84. The first-order valence-corrected chi connectivity index (χ1v) is 4.48. The van der Waals surface area contributed by atoms with E-state index in [1.54, 1.807) is 7.11 Å². The van der Waals surface area contributed by atoms with E-state index < -0.39 is 0 Å². The van der Waals surface area contributed by atoms with E-state index in [1.807, 2.05) is 0 Å². The van der Waals surface area contributed by atoms with Gasteiger partial charge in [0.05, 0.1) is 12.2 Å². The molecule has 1 rings (SSSR count). The molecule has 0 saturated heterocycles. The van der Waals surface area contributed by atoms with E-state index >= 15 is 0 Å². The van der Waals surface area contributed by atoms with Gasteiger partial charge in [0.15, 0.2) is 0 Å². The molecule has 2 nitrogen and oxygen atoms in total. The van der Waals surface area contributed by atoms with Crippen molar-refractivity contribution >= 4 is 0 Å². The quantitative estimate of drug-likeness (QED) is 0.661. The molecule has 1 N–H and O–H groups in total. The van der Waals surface area contributed by atoms with Crippen molar-refractivity contribution in [2.75, 3.05) is 7.11 Å². The fourth-order valence-electron chi connectivity index (χ4n) is 1.82. The highest BCUT2D eigenvalue weighted by Gasteiger charge is 2.27. The van der Waals surface area contributed by atoms with Crippen LogP contribution in [-0.2, 0) is 4.74 Å². The van der Waals surface area contributed by atoms with Crippen LogP contribution in [0.15, 0.2) is 0 Å². The van der Waals surface area contributed by atoms with Gasteiger partial charge in [-0.15, -0.1) is 0 Å². The fraction of sp³-hybridized carbons (Fsp3) is 1.00. The van der Waals surface area contributed by atoms with Crippen molar-refractivity contribution in [2.45, 2.75) is 44.8 Å². The molecule has 2 heteroatoms. The van der Waals surface area contributed by atoms with Crippen LogP contribution in [0.2, 0.25) is 0 Å². The molecule has 3 atom stereocenters. The zero-order valence-corrected chi connectivity index (χ0v) is 7.42. The highest BCUT2D eigenvalue weighted by atomic mass is 16.5. The highest BCUT2D eigenvalue weighted by molar-refractivity contribution is 4.79. The SMILES string of the molecule is CC[C@@H]1CC[C@@H](O)[C@H](OC)C1. The second-order valence-corrected chi connectivity index (χ2v) is 3.43. The Bertz CT molecular complexity index is 114. The largest absolute Gasteiger partial charge is 0.390 e. The molecule has 0 unspecified atom stereocenters. The van der Waals surface area contributed by atoms with Crippen LogP contribution in [0.1, 0.15) is 32.6 Å². The van der Waals surface area contributed by atoms with E-state index in [0.717, 1.165) is 25.2 Å². The predicted molar refractivity (Wildman–Crippen MR) is 44.4 cm³/mol. The summed E-state index contributed by atoms with van der Waals surface area (Å²) in [7, 11) is 1.69. The van der Waals surface area contributed by atoms with Crippen molar-refractivity contribution < 1.29 is 9.84 Å². The molecule has 11 heavy (non-hydrogen) atoms. The molecular formula is C9H18O2. The van der Waals surface area contributed by atoms with Gasteiger partial charge < -0.3 is 9.84 Å². The van der Waals surface area contributed by atoms with Gasteiger partial charge in [-0.2, -0.15) is 0 Å². The summed E-state index contributed by atoms with van der Waals surface area (Å²) in [6, 6.07) is 0. The number of hydrogen-bond donors (Lipinski definition) is 1. The maximum atomic E-state index is 9.46. The van der Waals surface area contributed by atoms with E-state index in [4.69, 9.17) is 4.74 Å². The summed E-state index contributed by atoms with van der Waals surface area (Å²) in [5.74, 6) is 0.767. The molecule has 0 aliphatic heterocycles. The lowest BCUT2D eigenvalue weighted by Gasteiger charge is -2.31. The molecule has 0 amide bonds. The first kappa shape index (κ1) is 9.01. The van der Waals surface area contributed by atoms with Crippen LogP contribution in [0.25, 0.3) is 0 Å². The van der Waals surface area contributed by atoms with Crippen molar-refractivity contribution in [3.05, 3.63) is 0 Å². The van der Waals surface area contributed by atoms with Gasteiger partial charge in [-0.05, 0) is 25.2 Å². The third kappa shape index (κ3) is 2.17. The number of aliphatic hydroxyl groups excluding tert-OH is 1. The van der Waals surface area contributed by atoms with Gasteiger partial charge in [0.2, 0.25) is 0 Å². The summed E-state index contributed by atoms with van der Waals surface area (Å²) in [6.45, 7) is 2.20. The molecule has 0 aromatic heterocycles. The average molecular weight is 158 g/mol. The van der Waals surface area contributed by atoms with Crippen molar-refractivity contribution in [3.63, 3.8) is 0 Å². The van der Waals surface area contributed by atoms with E-state index in [0.29, 0.717) is 0 Å². The number of hydrogen-bond acceptors (Lipinski definition) is 2. The molecule has 1 saturated carbocycles. The minimum atomic E-state index is -0.220. The summed E-state index contributed by atoms with van der Waals surface area (Å²) in [6.07, 6.45) is 4.20. The van der Waals surface area contributed by atoms with Gasteiger partial charge in [0.1, 0.15) is 0 Å². The molecule has 0 bridgehead atoms. The van der Waals surface area contributed by atoms with Gasteiger partial charge in [-0.1, -0.05) is 13.3 Å². The van der Waals surface area contributed by atoms with E-state index in [9.17, 15) is 5.11 Å². The first-order chi connectivity index (χ1) is 5.27. The topological polar surface area (TPSA) is 29.5 Å². The molecule has 1 fully saturated rings. The smallest absolute Gasteiger partial charge is 0.0832 e. The van der Waals surface area contributed by atoms with Crippen molar-refractivity contribution in [3.8, 4) is 0 Å². The Morgan fingerprint density at radius 2 is 2.18 bits per heavy atom. The lowest BCUT2D eigenvalue weighted by molar-refractivity contribution is -0.0507. The minimum absolute atomic E-state index is 0.0914. The van der Waals surface area contributed by atoms with E-state index in [-0.39, 0.29) is 12.2 Å². The molecule has 0 heterocycles. The maximum Gasteiger partial charge on any atom is 0.0832 e. The van der Waals surface area contributed by atoms with Crippen LogP contribution in [0, 0.1) is 5.92 Å². The van der Waals surface area contributed by atoms with Crippen LogP contribution in [-0.4, -0.2) is 24.4 Å². The summed E-state index contributed by atoms with van der Waals surface area (Å²) >= 11 is 0. The predicted octanol–water partition coefficient (Wildman–Crippen LogP) is 1.57. The number of rotatable bonds is 2. The van der Waals surface area contributed by atoms with Gasteiger partial charge in [0.25, 0.3) is 0 Å². The van der Waals surface area contributed by atoms with Crippen LogP contribution >= 0.6 is 0 Å². The van der Waals surface area contributed by atoms with Crippen LogP contribution in [0.5, 0.6) is 0 Å². The van der Waals surface area contributed by atoms with Crippen molar-refractivity contribution in [1.29, 1.82) is 0 Å². The third-order valence-corrected chi connectivity index (χ3v) is 2.75. The molecule has 0 radical (unpaired) electrons. The second-order valence-electron chi connectivity index (χ2n) is 3.43. The zero-order chi connectivity index (χ0) is 8.27. The molecule has 1 aliphatic rings. The average Bonchev–Trinajstić information content (AvgIpc) is 2.05. The van der Waals surface area contributed by atoms with Gasteiger partial charge in [-0.3, -0.25) is 0 Å². The Balaban J connectivity index is 2.37. The van der Waals surface area contributed by atoms with Crippen LogP contribution < -0.4 is 0 Å². The van der Waals surface area contributed by atoms with E-state index in [1.165, 1.54) is 6.42 Å². The Morgan fingerprint density at radius 1 is 1.45 bits per heavy atom. The minimum Gasteiger partial charge on any atom is -0.390 e. The maximum absolute atomic E-state index is 9.46. The summed E-state index contributed by atoms with van der Waals surface area (Å²) in [4.78, 5) is 0. The standard InChI is InChI=1S/C9H18O2/c1-3-7-4-5-8(10)9(6-7)11-2/h7-10H,3-6H2,1-2H3/t7-,8-,9-/m1/s1. The summed E-state index contributed by atoms with van der Waals surface area (Å²) in [5.41, 5.74) is 0. The third-order valence-electron chi connectivity index (χ3n) is 2.75. The Morgan fingerprint density at radius 3 is 2.73 bits per heavy atom.